The molecular weight excluding hydrogens is 238 g/mol. The van der Waals surface area contributed by atoms with Crippen LogP contribution in [-0.2, 0) is 20.8 Å². The van der Waals surface area contributed by atoms with E-state index in [-0.39, 0.29) is 23.4 Å². The van der Waals surface area contributed by atoms with Crippen LogP contribution >= 0.6 is 11.8 Å². The first-order chi connectivity index (χ1) is 7.97. The third-order valence-electron chi connectivity index (χ3n) is 1.84. The van der Waals surface area contributed by atoms with Crippen molar-refractivity contribution in [2.75, 3.05) is 0 Å². The van der Waals surface area contributed by atoms with Crippen LogP contribution in [0.15, 0.2) is 29.2 Å². The van der Waals surface area contributed by atoms with E-state index >= 15 is 0 Å². The van der Waals surface area contributed by atoms with Crippen LogP contribution in [0.3, 0.4) is 0 Å². The lowest BCUT2D eigenvalue weighted by Crippen LogP contribution is -2.29. The van der Waals surface area contributed by atoms with Gasteiger partial charge in [-0.1, -0.05) is 23.9 Å². The molecule has 17 heavy (non-hydrogen) atoms. The minimum Gasteiger partial charge on any atom is -0.296 e. The van der Waals surface area contributed by atoms with E-state index in [4.69, 9.17) is 0 Å². The van der Waals surface area contributed by atoms with Crippen molar-refractivity contribution in [3.63, 3.8) is 0 Å². The van der Waals surface area contributed by atoms with Gasteiger partial charge in [-0.25, -0.2) is 0 Å². The summed E-state index contributed by atoms with van der Waals surface area (Å²) in [4.78, 5) is 33.8. The number of hydrogen-bond donors (Lipinski definition) is 1. The summed E-state index contributed by atoms with van der Waals surface area (Å²) in [5.41, 5.74) is 0.773. The number of carbonyl (C=O) groups excluding carboxylic acids is 3. The minimum atomic E-state index is -0.371. The molecule has 1 aromatic rings. The number of hydrogen-bond acceptors (Lipinski definition) is 4. The van der Waals surface area contributed by atoms with Crippen molar-refractivity contribution in [3.8, 4) is 0 Å². The molecule has 0 aliphatic heterocycles. The Hall–Kier alpha value is -1.62. The first-order valence-electron chi connectivity index (χ1n) is 5.05. The summed E-state index contributed by atoms with van der Waals surface area (Å²) >= 11 is 1.12. The average molecular weight is 251 g/mol. The van der Waals surface area contributed by atoms with Crippen molar-refractivity contribution < 1.29 is 14.4 Å². The minimum absolute atomic E-state index is 0.00432. The molecule has 1 rings (SSSR count). The van der Waals surface area contributed by atoms with E-state index < -0.39 is 0 Å². The molecule has 0 bridgehead atoms. The Bertz CT molecular complexity index is 457. The highest BCUT2D eigenvalue weighted by Gasteiger charge is 2.06. The van der Waals surface area contributed by atoms with Crippen LogP contribution in [0.25, 0.3) is 0 Å². The number of imide groups is 1. The molecule has 5 heteroatoms. The van der Waals surface area contributed by atoms with E-state index in [0.717, 1.165) is 22.2 Å². The first-order valence-corrected chi connectivity index (χ1v) is 5.87. The van der Waals surface area contributed by atoms with Crippen LogP contribution < -0.4 is 5.32 Å². The molecule has 0 fully saturated rings. The smallest absolute Gasteiger partial charge is 0.230 e. The maximum Gasteiger partial charge on any atom is 0.230 e. The summed E-state index contributed by atoms with van der Waals surface area (Å²) in [5.74, 6) is -0.716. The molecule has 4 nitrogen and oxygen atoms in total. The van der Waals surface area contributed by atoms with Crippen molar-refractivity contribution in [1.82, 2.24) is 5.32 Å². The van der Waals surface area contributed by atoms with Gasteiger partial charge in [0.1, 0.15) is 0 Å². The Morgan fingerprint density at radius 1 is 1.24 bits per heavy atom. The lowest BCUT2D eigenvalue weighted by molar-refractivity contribution is -0.128. The molecule has 1 N–H and O–H groups in total. The van der Waals surface area contributed by atoms with Crippen LogP contribution in [0.4, 0.5) is 0 Å². The van der Waals surface area contributed by atoms with Gasteiger partial charge in [0.2, 0.25) is 11.8 Å². The van der Waals surface area contributed by atoms with Gasteiger partial charge in [-0.3, -0.25) is 19.7 Å². The fourth-order valence-electron chi connectivity index (χ4n) is 1.31. The van der Waals surface area contributed by atoms with Gasteiger partial charge >= 0.3 is 0 Å². The zero-order chi connectivity index (χ0) is 12.8. The van der Waals surface area contributed by atoms with Gasteiger partial charge in [-0.2, -0.15) is 0 Å². The predicted molar refractivity (Wildman–Crippen MR) is 65.5 cm³/mol. The fraction of sp³-hybridized carbons (Fsp3) is 0.250. The molecule has 0 heterocycles. The molecule has 0 saturated heterocycles. The average Bonchev–Trinajstić information content (AvgIpc) is 2.14. The summed E-state index contributed by atoms with van der Waals surface area (Å²) in [6, 6.07) is 7.13. The maximum absolute atomic E-state index is 11.4. The van der Waals surface area contributed by atoms with Crippen LogP contribution in [-0.4, -0.2) is 16.9 Å². The third-order valence-corrected chi connectivity index (χ3v) is 2.62. The molecule has 0 aliphatic rings. The van der Waals surface area contributed by atoms with Gasteiger partial charge in [0.05, 0.1) is 6.42 Å². The number of thioether (sulfide) groups is 1. The van der Waals surface area contributed by atoms with Crippen molar-refractivity contribution >= 4 is 28.7 Å². The van der Waals surface area contributed by atoms with E-state index in [2.05, 4.69) is 5.32 Å². The molecule has 1 aromatic carbocycles. The van der Waals surface area contributed by atoms with Crippen molar-refractivity contribution in [1.29, 1.82) is 0 Å². The standard InChI is InChI=1S/C12H13NO3S/c1-8(14)13-12(16)7-10-4-3-5-11(6-10)17-9(2)15/h3-6H,7H2,1-2H3,(H,13,14,16). The van der Waals surface area contributed by atoms with E-state index in [1.807, 2.05) is 0 Å². The Kier molecular flexibility index (Phi) is 4.90. The maximum atomic E-state index is 11.4. The highest BCUT2D eigenvalue weighted by molar-refractivity contribution is 8.13. The predicted octanol–water partition coefficient (Wildman–Crippen LogP) is 1.53. The van der Waals surface area contributed by atoms with Gasteiger partial charge in [-0.15, -0.1) is 0 Å². The number of carbonyl (C=O) groups is 3. The number of rotatable bonds is 3. The zero-order valence-electron chi connectivity index (χ0n) is 9.65. The Morgan fingerprint density at radius 3 is 2.53 bits per heavy atom. The Morgan fingerprint density at radius 2 is 1.94 bits per heavy atom. The van der Waals surface area contributed by atoms with Crippen molar-refractivity contribution in [3.05, 3.63) is 29.8 Å². The van der Waals surface area contributed by atoms with E-state index in [9.17, 15) is 14.4 Å². The second-order valence-electron chi connectivity index (χ2n) is 3.52. The molecule has 90 valence electrons. The van der Waals surface area contributed by atoms with Crippen LogP contribution in [0.1, 0.15) is 19.4 Å². The van der Waals surface area contributed by atoms with E-state index in [1.165, 1.54) is 13.8 Å². The van der Waals surface area contributed by atoms with Gasteiger partial charge in [0, 0.05) is 18.7 Å². The summed E-state index contributed by atoms with van der Waals surface area (Å²) in [6.45, 7) is 2.78. The topological polar surface area (TPSA) is 63.2 Å². The van der Waals surface area contributed by atoms with Gasteiger partial charge in [-0.05, 0) is 17.7 Å². The zero-order valence-corrected chi connectivity index (χ0v) is 10.5. The second kappa shape index (κ2) is 6.20. The molecule has 0 radical (unpaired) electrons. The van der Waals surface area contributed by atoms with Gasteiger partial charge in [0.25, 0.3) is 0 Å². The van der Waals surface area contributed by atoms with Crippen molar-refractivity contribution in [2.24, 2.45) is 0 Å². The quantitative estimate of drug-likeness (QED) is 0.827. The second-order valence-corrected chi connectivity index (χ2v) is 4.77. The van der Waals surface area contributed by atoms with E-state index in [1.54, 1.807) is 24.3 Å². The van der Waals surface area contributed by atoms with Crippen molar-refractivity contribution in [2.45, 2.75) is 25.2 Å². The number of amides is 2. The molecule has 0 aromatic heterocycles. The highest BCUT2D eigenvalue weighted by atomic mass is 32.2. The normalized spacial score (nSPS) is 9.76. The largest absolute Gasteiger partial charge is 0.296 e. The molecule has 0 saturated carbocycles. The first kappa shape index (κ1) is 13.4. The lowest BCUT2D eigenvalue weighted by Gasteiger charge is -2.03. The molecule has 2 amide bonds. The Balaban J connectivity index is 2.68. The molecule has 0 unspecified atom stereocenters. The summed E-state index contributed by atoms with van der Waals surface area (Å²) < 4.78 is 0. The van der Waals surface area contributed by atoms with Crippen LogP contribution in [0.5, 0.6) is 0 Å². The van der Waals surface area contributed by atoms with Crippen LogP contribution in [0.2, 0.25) is 0 Å². The van der Waals surface area contributed by atoms with E-state index in [0.29, 0.717) is 0 Å². The lowest BCUT2D eigenvalue weighted by atomic mass is 10.1. The van der Waals surface area contributed by atoms with Gasteiger partial charge in [0.15, 0.2) is 5.12 Å². The number of benzene rings is 1. The molecular formula is C12H13NO3S. The summed E-state index contributed by atoms with van der Waals surface area (Å²) in [7, 11) is 0. The highest BCUT2D eigenvalue weighted by Crippen LogP contribution is 2.19. The SMILES string of the molecule is CC(=O)NC(=O)Cc1cccc(SC(C)=O)c1. The summed E-state index contributed by atoms with van der Waals surface area (Å²) in [5, 5.41) is 2.20. The Labute approximate surface area is 104 Å². The number of nitrogens with one attached hydrogen (secondary N) is 1. The molecule has 0 atom stereocenters. The van der Waals surface area contributed by atoms with Gasteiger partial charge < -0.3 is 0 Å². The summed E-state index contributed by atoms with van der Waals surface area (Å²) in [6.07, 6.45) is 0.131. The molecule has 0 aliphatic carbocycles. The molecule has 0 spiro atoms. The van der Waals surface area contributed by atoms with Crippen LogP contribution in [0, 0.1) is 0 Å². The monoisotopic (exact) mass is 251 g/mol. The third kappa shape index (κ3) is 5.31. The fourth-order valence-corrected chi connectivity index (χ4v) is 2.00.